The molecule has 2 heterocycles. The molecule has 2 saturated heterocycles. The molecule has 178 valence electrons. The van der Waals surface area contributed by atoms with E-state index in [0.29, 0.717) is 36.2 Å². The lowest BCUT2D eigenvalue weighted by atomic mass is 9.68. The van der Waals surface area contributed by atoms with Gasteiger partial charge in [-0.25, -0.2) is 0 Å². The minimum Gasteiger partial charge on any atom is -0.340 e. The molecule has 3 unspecified atom stereocenters. The molecule has 0 aromatic rings. The largest absolute Gasteiger partial charge is 0.340 e. The van der Waals surface area contributed by atoms with Crippen molar-refractivity contribution in [2.24, 2.45) is 17.8 Å². The highest BCUT2D eigenvalue weighted by Gasteiger charge is 2.49. The van der Waals surface area contributed by atoms with Gasteiger partial charge in [0.2, 0.25) is 17.7 Å². The van der Waals surface area contributed by atoms with Gasteiger partial charge in [-0.15, -0.1) is 0 Å². The Morgan fingerprint density at radius 3 is 2.19 bits per heavy atom. The van der Waals surface area contributed by atoms with Crippen LogP contribution in [0, 0.1) is 17.8 Å². The summed E-state index contributed by atoms with van der Waals surface area (Å²) in [5.41, 5.74) is 0. The van der Waals surface area contributed by atoms with Gasteiger partial charge in [-0.1, -0.05) is 6.42 Å². The quantitative estimate of drug-likeness (QED) is 0.670. The van der Waals surface area contributed by atoms with Crippen LogP contribution in [0.4, 0.5) is 0 Å². The molecule has 3 amide bonds. The lowest BCUT2D eigenvalue weighted by Crippen LogP contribution is -2.67. The average Bonchev–Trinajstić information content (AvgIpc) is 3.17. The standard InChI is InChI=1S/C26H41N3O3/c1-17-16-28(26(32)20-5-3-6-20)24-15-21(10-13-23(24)29(17)18(2)30)19-8-11-22(12-9-19)27-14-4-7-25(27)31/h17,19-24H,3-16H2,1-2H3/t17-,19?,21?,22?,23?,24?/m0/s1. The van der Waals surface area contributed by atoms with E-state index in [1.807, 2.05) is 0 Å². The summed E-state index contributed by atoms with van der Waals surface area (Å²) in [4.78, 5) is 44.5. The van der Waals surface area contributed by atoms with E-state index in [-0.39, 0.29) is 30.0 Å². The van der Waals surface area contributed by atoms with Gasteiger partial charge < -0.3 is 14.7 Å². The Kier molecular flexibility index (Phi) is 6.23. The van der Waals surface area contributed by atoms with Crippen molar-refractivity contribution in [1.29, 1.82) is 0 Å². The van der Waals surface area contributed by atoms with Gasteiger partial charge in [-0.2, -0.15) is 0 Å². The number of fused-ring (bicyclic) bond motifs is 1. The Hall–Kier alpha value is -1.59. The first-order chi connectivity index (χ1) is 15.4. The lowest BCUT2D eigenvalue weighted by Gasteiger charge is -2.55. The van der Waals surface area contributed by atoms with Gasteiger partial charge in [0.15, 0.2) is 0 Å². The number of carbonyl (C=O) groups is 3. The fourth-order valence-electron chi connectivity index (χ4n) is 7.71. The van der Waals surface area contributed by atoms with Crippen LogP contribution in [0.25, 0.3) is 0 Å². The van der Waals surface area contributed by atoms with E-state index in [2.05, 4.69) is 21.6 Å². The monoisotopic (exact) mass is 443 g/mol. The van der Waals surface area contributed by atoms with E-state index >= 15 is 0 Å². The predicted molar refractivity (Wildman–Crippen MR) is 123 cm³/mol. The van der Waals surface area contributed by atoms with Gasteiger partial charge in [0, 0.05) is 44.4 Å². The number of hydrogen-bond acceptors (Lipinski definition) is 3. The van der Waals surface area contributed by atoms with Crippen molar-refractivity contribution >= 4 is 17.7 Å². The second kappa shape index (κ2) is 8.98. The Balaban J connectivity index is 1.27. The Morgan fingerprint density at radius 1 is 0.875 bits per heavy atom. The van der Waals surface area contributed by atoms with Crippen molar-refractivity contribution in [1.82, 2.24) is 14.7 Å². The molecule has 3 saturated carbocycles. The maximum absolute atomic E-state index is 13.3. The summed E-state index contributed by atoms with van der Waals surface area (Å²) in [6.45, 7) is 5.47. The van der Waals surface area contributed by atoms with Crippen molar-refractivity contribution in [3.63, 3.8) is 0 Å². The van der Waals surface area contributed by atoms with Crippen molar-refractivity contribution in [3.05, 3.63) is 0 Å². The van der Waals surface area contributed by atoms with Crippen LogP contribution in [0.3, 0.4) is 0 Å². The van der Waals surface area contributed by atoms with E-state index in [9.17, 15) is 14.4 Å². The third kappa shape index (κ3) is 3.96. The second-order valence-electron chi connectivity index (χ2n) is 11.4. The van der Waals surface area contributed by atoms with Crippen LogP contribution in [-0.2, 0) is 14.4 Å². The number of hydrogen-bond donors (Lipinski definition) is 0. The third-order valence-electron chi connectivity index (χ3n) is 9.57. The summed E-state index contributed by atoms with van der Waals surface area (Å²) in [6, 6.07) is 0.954. The van der Waals surface area contributed by atoms with Crippen LogP contribution in [0.1, 0.15) is 90.9 Å². The fourth-order valence-corrected chi connectivity index (χ4v) is 7.71. The highest BCUT2D eigenvalue weighted by atomic mass is 16.2. The summed E-state index contributed by atoms with van der Waals surface area (Å²) in [5, 5.41) is 0. The molecule has 3 aliphatic carbocycles. The molecular weight excluding hydrogens is 402 g/mol. The molecular formula is C26H41N3O3. The number of piperazine rings is 1. The first-order valence-corrected chi connectivity index (χ1v) is 13.3. The van der Waals surface area contributed by atoms with Crippen LogP contribution < -0.4 is 0 Å². The van der Waals surface area contributed by atoms with Gasteiger partial charge >= 0.3 is 0 Å². The molecule has 0 radical (unpaired) electrons. The predicted octanol–water partition coefficient (Wildman–Crippen LogP) is 3.58. The molecule has 0 N–H and O–H groups in total. The molecule has 32 heavy (non-hydrogen) atoms. The highest BCUT2D eigenvalue weighted by molar-refractivity contribution is 5.81. The second-order valence-corrected chi connectivity index (χ2v) is 11.4. The molecule has 0 spiro atoms. The molecule has 0 bridgehead atoms. The Morgan fingerprint density at radius 2 is 1.59 bits per heavy atom. The molecule has 6 nitrogen and oxygen atoms in total. The molecule has 2 aliphatic heterocycles. The minimum absolute atomic E-state index is 0.114. The van der Waals surface area contributed by atoms with Gasteiger partial charge in [0.1, 0.15) is 0 Å². The summed E-state index contributed by atoms with van der Waals surface area (Å²) in [7, 11) is 0. The van der Waals surface area contributed by atoms with Crippen LogP contribution in [0.15, 0.2) is 0 Å². The van der Waals surface area contributed by atoms with Crippen molar-refractivity contribution in [2.45, 2.75) is 115 Å². The molecule has 5 fully saturated rings. The zero-order chi connectivity index (χ0) is 22.4. The van der Waals surface area contributed by atoms with E-state index in [4.69, 9.17) is 0 Å². The summed E-state index contributed by atoms with van der Waals surface area (Å²) in [5.74, 6) is 2.46. The normalized spacial score (nSPS) is 38.4. The summed E-state index contributed by atoms with van der Waals surface area (Å²) in [6.07, 6.45) is 13.0. The number of amides is 3. The van der Waals surface area contributed by atoms with Gasteiger partial charge in [-0.05, 0) is 83.0 Å². The van der Waals surface area contributed by atoms with Crippen LogP contribution >= 0.6 is 0 Å². The van der Waals surface area contributed by atoms with E-state index in [1.54, 1.807) is 6.92 Å². The lowest BCUT2D eigenvalue weighted by molar-refractivity contribution is -0.159. The molecule has 0 aromatic heterocycles. The Labute approximate surface area is 193 Å². The third-order valence-corrected chi connectivity index (χ3v) is 9.57. The zero-order valence-electron chi connectivity index (χ0n) is 20.0. The topological polar surface area (TPSA) is 60.9 Å². The van der Waals surface area contributed by atoms with Crippen LogP contribution in [-0.4, -0.2) is 69.7 Å². The minimum atomic E-state index is 0.114. The molecule has 0 aromatic carbocycles. The maximum atomic E-state index is 13.3. The number of carbonyl (C=O) groups excluding carboxylic acids is 3. The van der Waals surface area contributed by atoms with Crippen LogP contribution in [0.2, 0.25) is 0 Å². The van der Waals surface area contributed by atoms with Gasteiger partial charge in [0.25, 0.3) is 0 Å². The Bertz CT molecular complexity index is 743. The zero-order valence-corrected chi connectivity index (χ0v) is 20.0. The van der Waals surface area contributed by atoms with E-state index in [0.717, 1.165) is 57.9 Å². The number of nitrogens with zero attached hydrogens (tertiary/aromatic N) is 3. The number of likely N-dealkylation sites (tertiary alicyclic amines) is 1. The fraction of sp³-hybridized carbons (Fsp3) is 0.885. The van der Waals surface area contributed by atoms with E-state index in [1.165, 1.54) is 25.7 Å². The van der Waals surface area contributed by atoms with Gasteiger partial charge in [-0.3, -0.25) is 14.4 Å². The van der Waals surface area contributed by atoms with Crippen molar-refractivity contribution < 1.29 is 14.4 Å². The molecule has 5 aliphatic rings. The summed E-state index contributed by atoms with van der Waals surface area (Å²) < 4.78 is 0. The highest BCUT2D eigenvalue weighted by Crippen LogP contribution is 2.44. The molecule has 6 heteroatoms. The first kappa shape index (κ1) is 22.2. The van der Waals surface area contributed by atoms with E-state index < -0.39 is 0 Å². The number of rotatable bonds is 3. The summed E-state index contributed by atoms with van der Waals surface area (Å²) >= 11 is 0. The van der Waals surface area contributed by atoms with Gasteiger partial charge in [0.05, 0.1) is 12.1 Å². The maximum Gasteiger partial charge on any atom is 0.226 e. The molecule has 5 rings (SSSR count). The molecule has 4 atom stereocenters. The first-order valence-electron chi connectivity index (χ1n) is 13.3. The average molecular weight is 444 g/mol. The smallest absolute Gasteiger partial charge is 0.226 e. The van der Waals surface area contributed by atoms with Crippen molar-refractivity contribution in [2.75, 3.05) is 13.1 Å². The van der Waals surface area contributed by atoms with Crippen LogP contribution in [0.5, 0.6) is 0 Å². The van der Waals surface area contributed by atoms with Crippen molar-refractivity contribution in [3.8, 4) is 0 Å². The SMILES string of the molecule is CC(=O)N1C2CCC(C3CCC(N4CCCC4=O)CC3)CC2N(C(=O)C2CCC2)C[C@@H]1C.